The van der Waals surface area contributed by atoms with Crippen molar-refractivity contribution in [2.75, 3.05) is 34.0 Å². The molecule has 0 spiro atoms. The Morgan fingerprint density at radius 1 is 1.33 bits per heavy atom. The molecule has 0 bridgehead atoms. The number of hydrogen-bond acceptors (Lipinski definition) is 5. The molecule has 2 aromatic rings. The number of nitrogens with one attached hydrogen (secondary N) is 2. The Hall–Kier alpha value is -1.96. The smallest absolute Gasteiger partial charge is 0.227 e. The van der Waals surface area contributed by atoms with Gasteiger partial charge >= 0.3 is 0 Å². The zero-order chi connectivity index (χ0) is 16.9. The van der Waals surface area contributed by atoms with Crippen LogP contribution < -0.4 is 5.32 Å². The third-order valence-corrected chi connectivity index (χ3v) is 4.35. The summed E-state index contributed by atoms with van der Waals surface area (Å²) in [7, 11) is 3.30. The zero-order valence-electron chi connectivity index (χ0n) is 14.0. The molecule has 3 rings (SSSR count). The molecule has 24 heavy (non-hydrogen) atoms. The lowest BCUT2D eigenvalue weighted by atomic mass is 9.96. The number of aromatic amines is 1. The number of benzene rings is 1. The van der Waals surface area contributed by atoms with Crippen LogP contribution in [0.3, 0.4) is 0 Å². The summed E-state index contributed by atoms with van der Waals surface area (Å²) in [5.41, 5.74) is 1.80. The maximum atomic E-state index is 12.2. The van der Waals surface area contributed by atoms with Gasteiger partial charge in [-0.25, -0.2) is 4.98 Å². The first kappa shape index (κ1) is 16.9. The minimum atomic E-state index is -0.110. The predicted octanol–water partition coefficient (Wildman–Crippen LogP) is 0.898. The van der Waals surface area contributed by atoms with Gasteiger partial charge in [0, 0.05) is 26.7 Å². The summed E-state index contributed by atoms with van der Waals surface area (Å²) in [6, 6.07) is 7.72. The molecule has 1 aliphatic heterocycles. The Balaban J connectivity index is 1.54. The molecule has 0 aliphatic carbocycles. The summed E-state index contributed by atoms with van der Waals surface area (Å²) in [4.78, 5) is 19.8. The molecule has 1 saturated heterocycles. The molecule has 1 fully saturated rings. The molecule has 0 saturated carbocycles. The van der Waals surface area contributed by atoms with Crippen molar-refractivity contribution >= 4 is 16.9 Å². The molecule has 0 radical (unpaired) electrons. The Labute approximate surface area is 140 Å². The standard InChI is InChI=1S/C17H23N3O4/c1-22-14-10-24-9-11(17(14)23-2)8-18-16(21)7-15-19-12-5-3-4-6-13(12)20-15/h3-6,11,14,17H,7-10H2,1-2H3,(H,18,21)(H,19,20)/t11-,14-,17+/m1/s1. The number of fused-ring (bicyclic) bond motifs is 1. The molecule has 2 N–H and O–H groups in total. The van der Waals surface area contributed by atoms with Gasteiger partial charge in [0.15, 0.2) is 0 Å². The van der Waals surface area contributed by atoms with Crippen molar-refractivity contribution in [2.24, 2.45) is 5.92 Å². The van der Waals surface area contributed by atoms with Crippen LogP contribution >= 0.6 is 0 Å². The molecule has 2 heterocycles. The van der Waals surface area contributed by atoms with E-state index < -0.39 is 0 Å². The molecule has 1 amide bonds. The fourth-order valence-corrected chi connectivity index (χ4v) is 3.10. The van der Waals surface area contributed by atoms with E-state index in [0.29, 0.717) is 25.6 Å². The third kappa shape index (κ3) is 3.75. The fourth-order valence-electron chi connectivity index (χ4n) is 3.10. The average molecular weight is 333 g/mol. The first-order valence-electron chi connectivity index (χ1n) is 8.05. The summed E-state index contributed by atoms with van der Waals surface area (Å²) >= 11 is 0. The number of hydrogen-bond donors (Lipinski definition) is 2. The van der Waals surface area contributed by atoms with E-state index in [1.807, 2.05) is 24.3 Å². The van der Waals surface area contributed by atoms with Crippen LogP contribution in [0.4, 0.5) is 0 Å². The van der Waals surface area contributed by atoms with Crippen molar-refractivity contribution in [3.05, 3.63) is 30.1 Å². The number of aromatic nitrogens is 2. The minimum Gasteiger partial charge on any atom is -0.378 e. The lowest BCUT2D eigenvalue weighted by molar-refractivity contribution is -0.147. The van der Waals surface area contributed by atoms with Crippen molar-refractivity contribution in [3.63, 3.8) is 0 Å². The van der Waals surface area contributed by atoms with Gasteiger partial charge in [-0.15, -0.1) is 0 Å². The number of ether oxygens (including phenoxy) is 3. The number of rotatable bonds is 6. The van der Waals surface area contributed by atoms with Gasteiger partial charge in [-0.2, -0.15) is 0 Å². The van der Waals surface area contributed by atoms with Gasteiger partial charge in [0.05, 0.1) is 36.8 Å². The van der Waals surface area contributed by atoms with Gasteiger partial charge in [-0.05, 0) is 12.1 Å². The van der Waals surface area contributed by atoms with E-state index in [9.17, 15) is 4.79 Å². The van der Waals surface area contributed by atoms with E-state index in [4.69, 9.17) is 14.2 Å². The van der Waals surface area contributed by atoms with Crippen molar-refractivity contribution in [1.82, 2.24) is 15.3 Å². The molecule has 3 atom stereocenters. The fraction of sp³-hybridized carbons (Fsp3) is 0.529. The normalized spacial score (nSPS) is 24.2. The van der Waals surface area contributed by atoms with Gasteiger partial charge in [0.25, 0.3) is 0 Å². The van der Waals surface area contributed by atoms with Crippen molar-refractivity contribution < 1.29 is 19.0 Å². The SMILES string of the molecule is CO[C@H]1[C@H](CNC(=O)Cc2nc3ccccc3[nH]2)COC[C@H]1OC. The van der Waals surface area contributed by atoms with E-state index in [-0.39, 0.29) is 30.5 Å². The van der Waals surface area contributed by atoms with Crippen LogP contribution in [0.25, 0.3) is 11.0 Å². The second kappa shape index (κ2) is 7.74. The van der Waals surface area contributed by atoms with E-state index in [2.05, 4.69) is 15.3 Å². The third-order valence-electron chi connectivity index (χ3n) is 4.35. The zero-order valence-corrected chi connectivity index (χ0v) is 14.0. The highest BCUT2D eigenvalue weighted by Crippen LogP contribution is 2.19. The minimum absolute atomic E-state index is 0.0633. The molecule has 7 nitrogen and oxygen atoms in total. The largest absolute Gasteiger partial charge is 0.378 e. The van der Waals surface area contributed by atoms with Crippen LogP contribution in [0.2, 0.25) is 0 Å². The number of methoxy groups -OCH3 is 2. The lowest BCUT2D eigenvalue weighted by Crippen LogP contribution is -2.50. The van der Waals surface area contributed by atoms with E-state index in [0.717, 1.165) is 11.0 Å². The number of carbonyl (C=O) groups excluding carboxylic acids is 1. The summed E-state index contributed by atoms with van der Waals surface area (Å²) in [6.07, 6.45) is 0.0180. The summed E-state index contributed by atoms with van der Waals surface area (Å²) in [5.74, 6) is 0.642. The van der Waals surface area contributed by atoms with Crippen LogP contribution in [0.1, 0.15) is 5.82 Å². The van der Waals surface area contributed by atoms with E-state index in [1.54, 1.807) is 14.2 Å². The number of nitrogens with zero attached hydrogens (tertiary/aromatic N) is 1. The van der Waals surface area contributed by atoms with Crippen LogP contribution in [0, 0.1) is 5.92 Å². The maximum Gasteiger partial charge on any atom is 0.227 e. The van der Waals surface area contributed by atoms with Crippen molar-refractivity contribution in [2.45, 2.75) is 18.6 Å². The van der Waals surface area contributed by atoms with Crippen LogP contribution in [-0.4, -0.2) is 62.1 Å². The van der Waals surface area contributed by atoms with Gasteiger partial charge in [-0.3, -0.25) is 4.79 Å². The molecule has 1 aromatic carbocycles. The van der Waals surface area contributed by atoms with E-state index >= 15 is 0 Å². The lowest BCUT2D eigenvalue weighted by Gasteiger charge is -2.36. The molecule has 1 aliphatic rings. The van der Waals surface area contributed by atoms with Gasteiger partial charge in [0.2, 0.25) is 5.91 Å². The predicted molar refractivity (Wildman–Crippen MR) is 88.7 cm³/mol. The molecular weight excluding hydrogens is 310 g/mol. The number of carbonyl (C=O) groups is 1. The Morgan fingerprint density at radius 2 is 2.17 bits per heavy atom. The summed E-state index contributed by atoms with van der Waals surface area (Å²) in [5, 5.41) is 2.94. The second-order valence-corrected chi connectivity index (χ2v) is 5.95. The summed E-state index contributed by atoms with van der Waals surface area (Å²) < 4.78 is 16.4. The molecule has 0 unspecified atom stereocenters. The maximum absolute atomic E-state index is 12.2. The molecule has 130 valence electrons. The number of H-pyrrole nitrogens is 1. The Bertz CT molecular complexity index is 654. The number of amides is 1. The monoisotopic (exact) mass is 333 g/mol. The Morgan fingerprint density at radius 3 is 2.92 bits per heavy atom. The quantitative estimate of drug-likeness (QED) is 0.820. The molecule has 7 heteroatoms. The molecular formula is C17H23N3O4. The van der Waals surface area contributed by atoms with E-state index in [1.165, 1.54) is 0 Å². The van der Waals surface area contributed by atoms with Gasteiger partial charge < -0.3 is 24.5 Å². The Kier molecular flexibility index (Phi) is 5.44. The van der Waals surface area contributed by atoms with Crippen LogP contribution in [-0.2, 0) is 25.4 Å². The second-order valence-electron chi connectivity index (χ2n) is 5.95. The topological polar surface area (TPSA) is 85.5 Å². The first-order chi connectivity index (χ1) is 11.7. The van der Waals surface area contributed by atoms with Crippen molar-refractivity contribution in [3.8, 4) is 0 Å². The first-order valence-corrected chi connectivity index (χ1v) is 8.05. The van der Waals surface area contributed by atoms with Crippen molar-refractivity contribution in [1.29, 1.82) is 0 Å². The average Bonchev–Trinajstić information content (AvgIpc) is 3.01. The summed E-state index contributed by atoms with van der Waals surface area (Å²) in [6.45, 7) is 1.54. The molecule has 1 aromatic heterocycles. The highest BCUT2D eigenvalue weighted by molar-refractivity contribution is 5.80. The van der Waals surface area contributed by atoms with Gasteiger partial charge in [0.1, 0.15) is 11.9 Å². The number of para-hydroxylation sites is 2. The van der Waals surface area contributed by atoms with Gasteiger partial charge in [-0.1, -0.05) is 12.1 Å². The highest BCUT2D eigenvalue weighted by Gasteiger charge is 2.34. The number of imidazole rings is 1. The van der Waals surface area contributed by atoms with Crippen LogP contribution in [0.15, 0.2) is 24.3 Å². The van der Waals surface area contributed by atoms with Crippen LogP contribution in [0.5, 0.6) is 0 Å². The highest BCUT2D eigenvalue weighted by atomic mass is 16.6.